The van der Waals surface area contributed by atoms with E-state index in [4.69, 9.17) is 4.74 Å². The first-order valence-corrected chi connectivity index (χ1v) is 9.41. The van der Waals surface area contributed by atoms with E-state index in [1.807, 2.05) is 24.3 Å². The van der Waals surface area contributed by atoms with Gasteiger partial charge in [0.15, 0.2) is 5.96 Å². The Balaban J connectivity index is 0.00000420. The fraction of sp³-hybridized carbons (Fsp3) is 0.364. The van der Waals surface area contributed by atoms with E-state index in [2.05, 4.69) is 53.0 Å². The number of methoxy groups -OCH3 is 1. The molecule has 2 rings (SSSR count). The maximum absolute atomic E-state index is 12.0. The summed E-state index contributed by atoms with van der Waals surface area (Å²) in [5.74, 6) is 1.32. The molecule has 0 spiro atoms. The lowest BCUT2D eigenvalue weighted by Crippen LogP contribution is -2.43. The van der Waals surface area contributed by atoms with E-state index in [1.165, 1.54) is 16.7 Å². The average molecular weight is 510 g/mol. The van der Waals surface area contributed by atoms with Crippen LogP contribution in [0.2, 0.25) is 0 Å². The summed E-state index contributed by atoms with van der Waals surface area (Å²) < 4.78 is 5.13. The SMILES string of the molecule is CN=C(NCCc1cc(C)cc(C)c1)NCC(=O)NCc1ccc(OC)cc1.I. The van der Waals surface area contributed by atoms with Crippen molar-refractivity contribution in [3.05, 3.63) is 64.7 Å². The van der Waals surface area contributed by atoms with Gasteiger partial charge in [-0.1, -0.05) is 41.5 Å². The van der Waals surface area contributed by atoms with Gasteiger partial charge in [0.2, 0.25) is 5.91 Å². The molecule has 2 aromatic carbocycles. The molecule has 0 atom stereocenters. The van der Waals surface area contributed by atoms with Gasteiger partial charge in [0.1, 0.15) is 5.75 Å². The number of aryl methyl sites for hydroxylation is 2. The van der Waals surface area contributed by atoms with Crippen LogP contribution >= 0.6 is 24.0 Å². The summed E-state index contributed by atoms with van der Waals surface area (Å²) in [5, 5.41) is 9.17. The van der Waals surface area contributed by atoms with E-state index in [9.17, 15) is 4.79 Å². The second-order valence-corrected chi connectivity index (χ2v) is 6.72. The molecule has 0 unspecified atom stereocenters. The lowest BCUT2D eigenvalue weighted by atomic mass is 10.1. The molecule has 0 aliphatic rings. The number of rotatable bonds is 8. The second-order valence-electron chi connectivity index (χ2n) is 6.72. The van der Waals surface area contributed by atoms with Gasteiger partial charge in [-0.3, -0.25) is 9.79 Å². The topological polar surface area (TPSA) is 74.8 Å². The van der Waals surface area contributed by atoms with Crippen LogP contribution in [0.4, 0.5) is 0 Å². The molecule has 7 heteroatoms. The van der Waals surface area contributed by atoms with Crippen molar-refractivity contribution in [1.29, 1.82) is 0 Å². The zero-order valence-electron chi connectivity index (χ0n) is 17.5. The van der Waals surface area contributed by atoms with Crippen molar-refractivity contribution >= 4 is 35.8 Å². The minimum atomic E-state index is -0.0897. The van der Waals surface area contributed by atoms with Crippen LogP contribution in [0.3, 0.4) is 0 Å². The zero-order chi connectivity index (χ0) is 20.4. The van der Waals surface area contributed by atoms with E-state index in [0.717, 1.165) is 24.3 Å². The van der Waals surface area contributed by atoms with Crippen molar-refractivity contribution in [3.8, 4) is 5.75 Å². The number of halogens is 1. The van der Waals surface area contributed by atoms with Gasteiger partial charge in [0.25, 0.3) is 0 Å². The molecule has 0 aromatic heterocycles. The van der Waals surface area contributed by atoms with Gasteiger partial charge in [-0.2, -0.15) is 0 Å². The Morgan fingerprint density at radius 1 is 0.966 bits per heavy atom. The van der Waals surface area contributed by atoms with E-state index in [0.29, 0.717) is 12.5 Å². The standard InChI is InChI=1S/C22H30N4O2.HI/c1-16-11-17(2)13-19(12-16)9-10-24-22(23-3)26-15-21(27)25-14-18-5-7-20(28-4)8-6-18;/h5-8,11-13H,9-10,14-15H2,1-4H3,(H,25,27)(H2,23,24,26);1H. The Bertz CT molecular complexity index is 787. The molecule has 0 aliphatic heterocycles. The van der Waals surface area contributed by atoms with Crippen molar-refractivity contribution in [2.24, 2.45) is 4.99 Å². The summed E-state index contributed by atoms with van der Waals surface area (Å²) in [4.78, 5) is 16.2. The van der Waals surface area contributed by atoms with Crippen molar-refractivity contribution in [2.75, 3.05) is 27.2 Å². The smallest absolute Gasteiger partial charge is 0.239 e. The molecule has 0 radical (unpaired) electrons. The number of nitrogens with one attached hydrogen (secondary N) is 3. The van der Waals surface area contributed by atoms with Crippen molar-refractivity contribution < 1.29 is 9.53 Å². The number of guanidine groups is 1. The van der Waals surface area contributed by atoms with Crippen molar-refractivity contribution in [2.45, 2.75) is 26.8 Å². The lowest BCUT2D eigenvalue weighted by Gasteiger charge is -2.12. The minimum absolute atomic E-state index is 0. The molecule has 1 amide bonds. The van der Waals surface area contributed by atoms with Gasteiger partial charge in [0, 0.05) is 20.1 Å². The molecular formula is C22H31IN4O2. The highest BCUT2D eigenvalue weighted by Gasteiger charge is 2.04. The Morgan fingerprint density at radius 2 is 1.62 bits per heavy atom. The predicted molar refractivity (Wildman–Crippen MR) is 129 cm³/mol. The molecule has 0 saturated carbocycles. The number of hydrogen-bond acceptors (Lipinski definition) is 3. The monoisotopic (exact) mass is 510 g/mol. The number of aliphatic imine (C=N–C) groups is 1. The highest BCUT2D eigenvalue weighted by Crippen LogP contribution is 2.11. The van der Waals surface area contributed by atoms with Gasteiger partial charge in [-0.05, 0) is 43.5 Å². The third-order valence-corrected chi connectivity index (χ3v) is 4.28. The molecule has 0 heterocycles. The first-order valence-electron chi connectivity index (χ1n) is 9.41. The van der Waals surface area contributed by atoms with Crippen LogP contribution in [0.1, 0.15) is 22.3 Å². The number of hydrogen-bond donors (Lipinski definition) is 3. The largest absolute Gasteiger partial charge is 0.497 e. The molecular weight excluding hydrogens is 479 g/mol. The molecule has 0 fully saturated rings. The molecule has 29 heavy (non-hydrogen) atoms. The molecule has 158 valence electrons. The number of ether oxygens (including phenoxy) is 1. The third-order valence-electron chi connectivity index (χ3n) is 4.28. The highest BCUT2D eigenvalue weighted by atomic mass is 127. The van der Waals surface area contributed by atoms with Crippen LogP contribution in [0, 0.1) is 13.8 Å². The normalized spacial score (nSPS) is 10.7. The molecule has 0 saturated heterocycles. The van der Waals surface area contributed by atoms with Crippen molar-refractivity contribution in [3.63, 3.8) is 0 Å². The Kier molecular flexibility index (Phi) is 11.1. The van der Waals surface area contributed by atoms with Crippen LogP contribution in [0.15, 0.2) is 47.5 Å². The predicted octanol–water partition coefficient (Wildman–Crippen LogP) is 2.95. The number of nitrogens with zero attached hydrogens (tertiary/aromatic N) is 1. The number of carbonyl (C=O) groups excluding carboxylic acids is 1. The Labute approximate surface area is 190 Å². The first kappa shape index (κ1) is 24.7. The van der Waals surface area contributed by atoms with E-state index < -0.39 is 0 Å². The second kappa shape index (κ2) is 13.0. The van der Waals surface area contributed by atoms with Gasteiger partial charge in [0.05, 0.1) is 13.7 Å². The van der Waals surface area contributed by atoms with Gasteiger partial charge in [-0.15, -0.1) is 24.0 Å². The number of benzene rings is 2. The number of carbonyl (C=O) groups is 1. The maximum Gasteiger partial charge on any atom is 0.239 e. The molecule has 0 aliphatic carbocycles. The first-order chi connectivity index (χ1) is 13.5. The summed E-state index contributed by atoms with van der Waals surface area (Å²) in [7, 11) is 3.33. The fourth-order valence-corrected chi connectivity index (χ4v) is 2.93. The summed E-state index contributed by atoms with van der Waals surface area (Å²) in [6.07, 6.45) is 0.896. The fourth-order valence-electron chi connectivity index (χ4n) is 2.93. The molecule has 3 N–H and O–H groups in total. The summed E-state index contributed by atoms with van der Waals surface area (Å²) in [6.45, 7) is 5.60. The third kappa shape index (κ3) is 9.17. The zero-order valence-corrected chi connectivity index (χ0v) is 19.9. The van der Waals surface area contributed by atoms with Gasteiger partial charge < -0.3 is 20.7 Å². The molecule has 6 nitrogen and oxygen atoms in total. The van der Waals surface area contributed by atoms with Crippen molar-refractivity contribution in [1.82, 2.24) is 16.0 Å². The molecule has 0 bridgehead atoms. The maximum atomic E-state index is 12.0. The van der Waals surface area contributed by atoms with Crippen LogP contribution in [-0.2, 0) is 17.8 Å². The van der Waals surface area contributed by atoms with Crippen LogP contribution in [0.5, 0.6) is 5.75 Å². The van der Waals surface area contributed by atoms with Gasteiger partial charge >= 0.3 is 0 Å². The lowest BCUT2D eigenvalue weighted by molar-refractivity contribution is -0.120. The molecule has 2 aromatic rings. The average Bonchev–Trinajstić information content (AvgIpc) is 2.68. The van der Waals surface area contributed by atoms with Crippen LogP contribution in [-0.4, -0.2) is 39.1 Å². The quantitative estimate of drug-likeness (QED) is 0.290. The minimum Gasteiger partial charge on any atom is -0.497 e. The Hall–Kier alpha value is -2.29. The Morgan fingerprint density at radius 3 is 2.21 bits per heavy atom. The van der Waals surface area contributed by atoms with E-state index in [1.54, 1.807) is 14.2 Å². The van der Waals surface area contributed by atoms with Crippen LogP contribution in [0.25, 0.3) is 0 Å². The summed E-state index contributed by atoms with van der Waals surface area (Å²) >= 11 is 0. The van der Waals surface area contributed by atoms with Crippen LogP contribution < -0.4 is 20.7 Å². The summed E-state index contributed by atoms with van der Waals surface area (Å²) in [5.41, 5.74) is 4.85. The van der Waals surface area contributed by atoms with E-state index >= 15 is 0 Å². The van der Waals surface area contributed by atoms with Gasteiger partial charge in [-0.25, -0.2) is 0 Å². The van der Waals surface area contributed by atoms with E-state index in [-0.39, 0.29) is 36.4 Å². The summed E-state index contributed by atoms with van der Waals surface area (Å²) in [6, 6.07) is 14.2. The number of amides is 1. The highest BCUT2D eigenvalue weighted by molar-refractivity contribution is 14.0.